The molecule has 2 nitrogen and oxygen atoms in total. The molecular weight excluding hydrogens is 653 g/mol. The Morgan fingerprint density at radius 1 is 0.315 bits per heavy atom. The molecule has 10 aromatic rings. The first kappa shape index (κ1) is 31.6. The fraction of sp³-hybridized carbons (Fsp3) is 0. The molecule has 0 unspecified atom stereocenters. The molecule has 54 heavy (non-hydrogen) atoms. The van der Waals surface area contributed by atoms with Crippen LogP contribution < -0.4 is 4.90 Å². The van der Waals surface area contributed by atoms with E-state index in [0.717, 1.165) is 22.7 Å². The largest absolute Gasteiger partial charge is 0.310 e. The van der Waals surface area contributed by atoms with Gasteiger partial charge in [-0.3, -0.25) is 0 Å². The Kier molecular flexibility index (Phi) is 7.85. The van der Waals surface area contributed by atoms with Crippen molar-refractivity contribution in [3.05, 3.63) is 218 Å². The average Bonchev–Trinajstić information content (AvgIpc) is 3.59. The molecule has 1 aromatic heterocycles. The maximum atomic E-state index is 2.42. The van der Waals surface area contributed by atoms with Gasteiger partial charge in [0.1, 0.15) is 0 Å². The van der Waals surface area contributed by atoms with E-state index in [1.165, 1.54) is 66.0 Å². The monoisotopic (exact) mass is 688 g/mol. The molecule has 0 bridgehead atoms. The molecular formula is C52H36N2. The van der Waals surface area contributed by atoms with E-state index >= 15 is 0 Å². The highest BCUT2D eigenvalue weighted by molar-refractivity contribution is 6.18. The van der Waals surface area contributed by atoms with Crippen LogP contribution in [0.3, 0.4) is 0 Å². The van der Waals surface area contributed by atoms with Crippen molar-refractivity contribution in [1.29, 1.82) is 0 Å². The van der Waals surface area contributed by atoms with Gasteiger partial charge in [-0.15, -0.1) is 0 Å². The van der Waals surface area contributed by atoms with Crippen LogP contribution in [-0.4, -0.2) is 4.57 Å². The maximum absolute atomic E-state index is 2.42. The molecule has 0 fully saturated rings. The Labute approximate surface area is 315 Å². The average molecular weight is 689 g/mol. The second-order valence-corrected chi connectivity index (χ2v) is 13.8. The number of rotatable bonds is 7. The van der Waals surface area contributed by atoms with Crippen molar-refractivity contribution < 1.29 is 0 Å². The van der Waals surface area contributed by atoms with Gasteiger partial charge in [0, 0.05) is 33.5 Å². The van der Waals surface area contributed by atoms with Crippen LogP contribution in [0, 0.1) is 0 Å². The van der Waals surface area contributed by atoms with Crippen LogP contribution in [0.2, 0.25) is 0 Å². The number of nitrogens with zero attached hydrogens (tertiary/aromatic N) is 2. The molecule has 0 N–H and O–H groups in total. The Hall–Kier alpha value is -7.16. The summed E-state index contributed by atoms with van der Waals surface area (Å²) in [5.41, 5.74) is 14.0. The number of aromatic nitrogens is 1. The fourth-order valence-corrected chi connectivity index (χ4v) is 8.10. The maximum Gasteiger partial charge on any atom is 0.0547 e. The van der Waals surface area contributed by atoms with Gasteiger partial charge in [0.15, 0.2) is 0 Å². The summed E-state index contributed by atoms with van der Waals surface area (Å²) in [7, 11) is 0. The Morgan fingerprint density at radius 3 is 1.52 bits per heavy atom. The number of benzene rings is 9. The van der Waals surface area contributed by atoms with Gasteiger partial charge in [0.25, 0.3) is 0 Å². The molecule has 10 rings (SSSR count). The first-order valence-electron chi connectivity index (χ1n) is 18.5. The normalized spacial score (nSPS) is 11.3. The Morgan fingerprint density at radius 2 is 0.833 bits per heavy atom. The number of hydrogen-bond donors (Lipinski definition) is 0. The van der Waals surface area contributed by atoms with Gasteiger partial charge >= 0.3 is 0 Å². The van der Waals surface area contributed by atoms with Crippen LogP contribution in [0.15, 0.2) is 218 Å². The highest BCUT2D eigenvalue weighted by atomic mass is 15.1. The summed E-state index contributed by atoms with van der Waals surface area (Å²) in [5, 5.41) is 4.94. The first-order chi connectivity index (χ1) is 26.8. The molecule has 0 saturated heterocycles. The summed E-state index contributed by atoms with van der Waals surface area (Å²) in [5.74, 6) is 0. The van der Waals surface area contributed by atoms with Gasteiger partial charge < -0.3 is 9.47 Å². The van der Waals surface area contributed by atoms with Gasteiger partial charge in [-0.05, 0) is 105 Å². The standard InChI is InChI=1S/C52H36N2/c1-4-16-37(17-5-1)40-22-12-26-43(34-40)53(44-27-13-23-41(35-44)38-18-6-2-7-19-38)45-32-33-50-49(36-45)52-48(47-29-14-21-39-20-10-11-28-46(39)47)30-15-31-51(52)54(50)42-24-8-3-9-25-42/h1-36H. The van der Waals surface area contributed by atoms with Crippen LogP contribution in [0.5, 0.6) is 0 Å². The van der Waals surface area contributed by atoms with E-state index in [9.17, 15) is 0 Å². The molecule has 0 saturated carbocycles. The summed E-state index contributed by atoms with van der Waals surface area (Å²) < 4.78 is 2.42. The van der Waals surface area contributed by atoms with Gasteiger partial charge in [0.2, 0.25) is 0 Å². The van der Waals surface area contributed by atoms with Crippen LogP contribution in [-0.2, 0) is 0 Å². The number of hydrogen-bond acceptors (Lipinski definition) is 1. The van der Waals surface area contributed by atoms with Crippen molar-refractivity contribution >= 4 is 49.6 Å². The van der Waals surface area contributed by atoms with E-state index in [1.807, 2.05) is 0 Å². The first-order valence-corrected chi connectivity index (χ1v) is 18.5. The third kappa shape index (κ3) is 5.53. The van der Waals surface area contributed by atoms with E-state index in [4.69, 9.17) is 0 Å². The molecule has 0 aliphatic rings. The molecule has 0 atom stereocenters. The minimum atomic E-state index is 1.10. The van der Waals surface area contributed by atoms with E-state index < -0.39 is 0 Å². The lowest BCUT2D eigenvalue weighted by Gasteiger charge is -2.27. The molecule has 0 spiro atoms. The zero-order valence-corrected chi connectivity index (χ0v) is 29.7. The van der Waals surface area contributed by atoms with Crippen LogP contribution in [0.25, 0.3) is 71.6 Å². The van der Waals surface area contributed by atoms with E-state index in [1.54, 1.807) is 0 Å². The molecule has 0 aliphatic carbocycles. The predicted molar refractivity (Wildman–Crippen MR) is 229 cm³/mol. The Bertz CT molecular complexity index is 2840. The smallest absolute Gasteiger partial charge is 0.0547 e. The topological polar surface area (TPSA) is 8.17 Å². The minimum Gasteiger partial charge on any atom is -0.310 e. The quantitative estimate of drug-likeness (QED) is 0.162. The van der Waals surface area contributed by atoms with Gasteiger partial charge in [-0.2, -0.15) is 0 Å². The lowest BCUT2D eigenvalue weighted by atomic mass is 9.94. The third-order valence-corrected chi connectivity index (χ3v) is 10.5. The van der Waals surface area contributed by atoms with Crippen molar-refractivity contribution in [1.82, 2.24) is 4.57 Å². The number of fused-ring (bicyclic) bond motifs is 4. The fourth-order valence-electron chi connectivity index (χ4n) is 8.10. The molecule has 1 heterocycles. The zero-order chi connectivity index (χ0) is 35.8. The lowest BCUT2D eigenvalue weighted by Crippen LogP contribution is -2.10. The van der Waals surface area contributed by atoms with E-state index in [0.29, 0.717) is 0 Å². The molecule has 2 heteroatoms. The third-order valence-electron chi connectivity index (χ3n) is 10.5. The summed E-state index contributed by atoms with van der Waals surface area (Å²) >= 11 is 0. The molecule has 9 aromatic carbocycles. The number of anilines is 3. The molecule has 0 aliphatic heterocycles. The summed E-state index contributed by atoms with van der Waals surface area (Å²) in [6.07, 6.45) is 0. The summed E-state index contributed by atoms with van der Waals surface area (Å²) in [4.78, 5) is 2.41. The SMILES string of the molecule is c1ccc(-c2cccc(N(c3cccc(-c4ccccc4)c3)c3ccc4c(c3)c3c(-c5cccc6ccccc56)cccc3n4-c3ccccc3)c2)cc1. The van der Waals surface area contributed by atoms with Crippen LogP contribution >= 0.6 is 0 Å². The van der Waals surface area contributed by atoms with Gasteiger partial charge in [-0.1, -0.05) is 158 Å². The highest BCUT2D eigenvalue weighted by Crippen LogP contribution is 2.44. The van der Waals surface area contributed by atoms with Crippen molar-refractivity contribution in [2.75, 3.05) is 4.90 Å². The number of para-hydroxylation sites is 1. The lowest BCUT2D eigenvalue weighted by molar-refractivity contribution is 1.18. The van der Waals surface area contributed by atoms with Crippen LogP contribution in [0.4, 0.5) is 17.1 Å². The second kappa shape index (κ2) is 13.4. The van der Waals surface area contributed by atoms with Crippen molar-refractivity contribution in [2.24, 2.45) is 0 Å². The predicted octanol–water partition coefficient (Wildman–Crippen LogP) is 14.4. The van der Waals surface area contributed by atoms with E-state index in [-0.39, 0.29) is 0 Å². The van der Waals surface area contributed by atoms with Crippen molar-refractivity contribution in [3.63, 3.8) is 0 Å². The molecule has 0 radical (unpaired) electrons. The molecule has 0 amide bonds. The van der Waals surface area contributed by atoms with E-state index in [2.05, 4.69) is 228 Å². The summed E-state index contributed by atoms with van der Waals surface area (Å²) in [6.45, 7) is 0. The van der Waals surface area contributed by atoms with Gasteiger partial charge in [0.05, 0.1) is 11.0 Å². The van der Waals surface area contributed by atoms with Crippen LogP contribution in [0.1, 0.15) is 0 Å². The highest BCUT2D eigenvalue weighted by Gasteiger charge is 2.21. The summed E-state index contributed by atoms with van der Waals surface area (Å²) in [6, 6.07) is 78.9. The van der Waals surface area contributed by atoms with Crippen molar-refractivity contribution in [3.8, 4) is 39.1 Å². The Balaban J connectivity index is 1.25. The molecule has 254 valence electrons. The van der Waals surface area contributed by atoms with Crippen molar-refractivity contribution in [2.45, 2.75) is 0 Å². The van der Waals surface area contributed by atoms with Gasteiger partial charge in [-0.25, -0.2) is 0 Å². The minimum absolute atomic E-state index is 1.10. The second-order valence-electron chi connectivity index (χ2n) is 13.8. The zero-order valence-electron chi connectivity index (χ0n) is 29.7.